The van der Waals surface area contributed by atoms with E-state index in [1.807, 2.05) is 0 Å². The number of aryl methyl sites for hydroxylation is 1. The number of amides is 1. The van der Waals surface area contributed by atoms with Gasteiger partial charge in [-0.15, -0.1) is 0 Å². The Morgan fingerprint density at radius 2 is 2.00 bits per heavy atom. The molecule has 0 bridgehead atoms. The largest absolute Gasteiger partial charge is 0.452 e. The van der Waals surface area contributed by atoms with Gasteiger partial charge in [-0.05, 0) is 25.5 Å². The first-order valence-electron chi connectivity index (χ1n) is 7.24. The van der Waals surface area contributed by atoms with Crippen molar-refractivity contribution in [2.45, 2.75) is 13.8 Å². The number of ether oxygens (including phenoxy) is 1. The zero-order valence-electron chi connectivity index (χ0n) is 13.7. The molecule has 0 unspecified atom stereocenters. The lowest BCUT2D eigenvalue weighted by Crippen LogP contribution is -2.22. The van der Waals surface area contributed by atoms with Crippen molar-refractivity contribution in [2.24, 2.45) is 0 Å². The maximum Gasteiger partial charge on any atom is 0.345 e. The molecule has 1 N–H and O–H groups in total. The number of hydrogen-bond donors (Lipinski definition) is 1. The number of carbonyl (C=O) groups is 2. The number of nitro groups is 1. The lowest BCUT2D eigenvalue weighted by Gasteiger charge is -2.10. The van der Waals surface area contributed by atoms with E-state index in [2.05, 4.69) is 10.3 Å². The van der Waals surface area contributed by atoms with Crippen LogP contribution in [-0.4, -0.2) is 28.4 Å². The number of nitro benzene ring substituents is 1. The number of aromatic nitrogens is 1. The van der Waals surface area contributed by atoms with E-state index in [1.54, 1.807) is 6.92 Å². The number of nitrogens with zero attached hydrogens (tertiary/aromatic N) is 2. The van der Waals surface area contributed by atoms with E-state index in [0.717, 1.165) is 0 Å². The Bertz CT molecular complexity index is 902. The number of hydrogen-bond acceptors (Lipinski definition) is 6. The van der Waals surface area contributed by atoms with Crippen molar-refractivity contribution in [3.05, 3.63) is 61.2 Å². The third-order valence-electron chi connectivity index (χ3n) is 3.43. The lowest BCUT2D eigenvalue weighted by atomic mass is 10.1. The summed E-state index contributed by atoms with van der Waals surface area (Å²) in [6.07, 6.45) is 1.32. The molecule has 0 radical (unpaired) electrons. The van der Waals surface area contributed by atoms with E-state index < -0.39 is 23.4 Å². The Hall–Kier alpha value is -2.71. The first-order valence-corrected chi connectivity index (χ1v) is 7.99. The summed E-state index contributed by atoms with van der Waals surface area (Å²) in [7, 11) is 0. The number of benzene rings is 1. The molecule has 0 fully saturated rings. The summed E-state index contributed by atoms with van der Waals surface area (Å²) in [5.74, 6) is -1.62. The molecule has 0 aliphatic rings. The standard InChI is InChI=1S/C16H13Cl2N3O5/c1-8-4-3-5-10(14(8)21(24)25)16(23)26-7-12(22)20-15-13(18)9(2)11(17)6-19-15/h3-6H,7H2,1-2H3,(H,19,20,22). The van der Waals surface area contributed by atoms with Gasteiger partial charge in [-0.25, -0.2) is 9.78 Å². The third-order valence-corrected chi connectivity index (χ3v) is 4.28. The molecular formula is C16H13Cl2N3O5. The van der Waals surface area contributed by atoms with Crippen LogP contribution in [0.2, 0.25) is 10.0 Å². The van der Waals surface area contributed by atoms with Crippen LogP contribution in [0, 0.1) is 24.0 Å². The van der Waals surface area contributed by atoms with Crippen LogP contribution in [0.5, 0.6) is 0 Å². The van der Waals surface area contributed by atoms with Gasteiger partial charge in [-0.3, -0.25) is 14.9 Å². The number of halogens is 2. The summed E-state index contributed by atoms with van der Waals surface area (Å²) in [6, 6.07) is 4.24. The fraction of sp³-hybridized carbons (Fsp3) is 0.188. The highest BCUT2D eigenvalue weighted by atomic mass is 35.5. The van der Waals surface area contributed by atoms with Gasteiger partial charge in [-0.2, -0.15) is 0 Å². The minimum absolute atomic E-state index is 0.0659. The molecule has 0 spiro atoms. The second-order valence-corrected chi connectivity index (χ2v) is 6.03. The topological polar surface area (TPSA) is 111 Å². The van der Waals surface area contributed by atoms with Crippen LogP contribution in [-0.2, 0) is 9.53 Å². The summed E-state index contributed by atoms with van der Waals surface area (Å²) in [5, 5.41) is 14.0. The molecule has 0 aliphatic heterocycles. The molecular weight excluding hydrogens is 385 g/mol. The molecule has 0 saturated carbocycles. The van der Waals surface area contributed by atoms with Crippen LogP contribution in [0.25, 0.3) is 0 Å². The first kappa shape index (κ1) is 19.6. The number of para-hydroxylation sites is 1. The fourth-order valence-corrected chi connectivity index (χ4v) is 2.48. The summed E-state index contributed by atoms with van der Waals surface area (Å²) >= 11 is 11.9. The molecule has 0 atom stereocenters. The lowest BCUT2D eigenvalue weighted by molar-refractivity contribution is -0.385. The van der Waals surface area contributed by atoms with Crippen molar-refractivity contribution in [1.29, 1.82) is 0 Å². The summed E-state index contributed by atoms with van der Waals surface area (Å²) in [5.41, 5.74) is 0.241. The molecule has 2 aromatic rings. The van der Waals surface area contributed by atoms with Gasteiger partial charge in [0.05, 0.1) is 15.0 Å². The van der Waals surface area contributed by atoms with Crippen molar-refractivity contribution in [1.82, 2.24) is 4.98 Å². The second-order valence-electron chi connectivity index (χ2n) is 5.25. The number of esters is 1. The van der Waals surface area contributed by atoms with Gasteiger partial charge in [0.15, 0.2) is 12.4 Å². The first-order chi connectivity index (χ1) is 12.2. The average Bonchev–Trinajstić information content (AvgIpc) is 2.59. The predicted molar refractivity (Wildman–Crippen MR) is 95.7 cm³/mol. The van der Waals surface area contributed by atoms with Crippen molar-refractivity contribution >= 4 is 46.6 Å². The summed E-state index contributed by atoms with van der Waals surface area (Å²) in [6.45, 7) is 2.49. The van der Waals surface area contributed by atoms with Crippen LogP contribution < -0.4 is 5.32 Å². The molecule has 10 heteroatoms. The Morgan fingerprint density at radius 3 is 2.65 bits per heavy atom. The maximum absolute atomic E-state index is 12.1. The van der Waals surface area contributed by atoms with Gasteiger partial charge in [0, 0.05) is 11.8 Å². The van der Waals surface area contributed by atoms with E-state index in [-0.39, 0.29) is 22.1 Å². The Balaban J connectivity index is 2.07. The molecule has 0 aliphatic carbocycles. The smallest absolute Gasteiger partial charge is 0.345 e. The van der Waals surface area contributed by atoms with E-state index in [9.17, 15) is 19.7 Å². The molecule has 0 saturated heterocycles. The van der Waals surface area contributed by atoms with Gasteiger partial charge in [0.25, 0.3) is 11.6 Å². The van der Waals surface area contributed by atoms with Crippen molar-refractivity contribution in [3.63, 3.8) is 0 Å². The van der Waals surface area contributed by atoms with Gasteiger partial charge in [-0.1, -0.05) is 35.3 Å². The third kappa shape index (κ3) is 4.27. The van der Waals surface area contributed by atoms with Gasteiger partial charge >= 0.3 is 5.97 Å². The Morgan fingerprint density at radius 1 is 1.31 bits per heavy atom. The molecule has 136 valence electrons. The SMILES string of the molecule is Cc1cccc(C(=O)OCC(=O)Nc2ncc(Cl)c(C)c2Cl)c1[N+](=O)[O-]. The van der Waals surface area contributed by atoms with Crippen LogP contribution in [0.4, 0.5) is 11.5 Å². The minimum Gasteiger partial charge on any atom is -0.452 e. The fourth-order valence-electron chi connectivity index (χ4n) is 2.09. The highest BCUT2D eigenvalue weighted by Crippen LogP contribution is 2.28. The quantitative estimate of drug-likeness (QED) is 0.467. The molecule has 1 aromatic carbocycles. The second kappa shape index (κ2) is 8.11. The van der Waals surface area contributed by atoms with E-state index >= 15 is 0 Å². The number of pyridine rings is 1. The summed E-state index contributed by atoms with van der Waals surface area (Å²) < 4.78 is 4.85. The number of carbonyl (C=O) groups excluding carboxylic acids is 2. The van der Waals surface area contributed by atoms with E-state index in [0.29, 0.717) is 16.1 Å². The normalized spacial score (nSPS) is 10.3. The number of anilines is 1. The van der Waals surface area contributed by atoms with Crippen LogP contribution in [0.3, 0.4) is 0 Å². The zero-order chi connectivity index (χ0) is 19.4. The number of rotatable bonds is 5. The highest BCUT2D eigenvalue weighted by Gasteiger charge is 2.24. The molecule has 26 heavy (non-hydrogen) atoms. The Labute approximate surface area is 158 Å². The molecule has 2 rings (SSSR count). The monoisotopic (exact) mass is 397 g/mol. The van der Waals surface area contributed by atoms with Crippen molar-refractivity contribution < 1.29 is 19.2 Å². The zero-order valence-corrected chi connectivity index (χ0v) is 15.2. The Kier molecular flexibility index (Phi) is 6.12. The highest BCUT2D eigenvalue weighted by molar-refractivity contribution is 6.37. The molecule has 8 nitrogen and oxygen atoms in total. The van der Waals surface area contributed by atoms with Crippen LogP contribution in [0.15, 0.2) is 24.4 Å². The van der Waals surface area contributed by atoms with Gasteiger partial charge < -0.3 is 10.1 Å². The van der Waals surface area contributed by atoms with E-state index in [4.69, 9.17) is 27.9 Å². The van der Waals surface area contributed by atoms with Crippen molar-refractivity contribution in [2.75, 3.05) is 11.9 Å². The maximum atomic E-state index is 12.1. The van der Waals surface area contributed by atoms with Gasteiger partial charge in [0.1, 0.15) is 5.56 Å². The molecule has 1 aromatic heterocycles. The van der Waals surface area contributed by atoms with Crippen LogP contribution in [0.1, 0.15) is 21.5 Å². The molecule has 1 amide bonds. The van der Waals surface area contributed by atoms with Crippen molar-refractivity contribution in [3.8, 4) is 0 Å². The van der Waals surface area contributed by atoms with Crippen LogP contribution >= 0.6 is 23.2 Å². The molecule has 1 heterocycles. The average molecular weight is 398 g/mol. The number of nitrogens with one attached hydrogen (secondary N) is 1. The van der Waals surface area contributed by atoms with Gasteiger partial charge in [0.2, 0.25) is 0 Å². The predicted octanol–water partition coefficient (Wildman–Crippen LogP) is 3.71. The van der Waals surface area contributed by atoms with E-state index in [1.165, 1.54) is 31.3 Å². The minimum atomic E-state index is -0.984. The summed E-state index contributed by atoms with van der Waals surface area (Å²) in [4.78, 5) is 38.3.